The Morgan fingerprint density at radius 1 is 1.07 bits per heavy atom. The molecule has 0 aliphatic carbocycles. The minimum atomic E-state index is -0.415. The SMILES string of the molecule is CCc1ccccc1NC(=O)CN(C)C(=O)/C=C/c1ccc(C(=O)OC)cc1. The Hall–Kier alpha value is -3.41. The van der Waals surface area contributed by atoms with Gasteiger partial charge in [0.05, 0.1) is 19.2 Å². The maximum absolute atomic E-state index is 12.2. The molecule has 0 atom stereocenters. The molecule has 28 heavy (non-hydrogen) atoms. The maximum Gasteiger partial charge on any atom is 0.337 e. The first-order valence-electron chi connectivity index (χ1n) is 8.94. The molecule has 146 valence electrons. The molecule has 6 heteroatoms. The Morgan fingerprint density at radius 2 is 1.75 bits per heavy atom. The molecule has 2 aromatic carbocycles. The topological polar surface area (TPSA) is 75.7 Å². The molecule has 0 aliphatic heterocycles. The third-order valence-electron chi connectivity index (χ3n) is 4.18. The molecule has 0 unspecified atom stereocenters. The van der Waals surface area contributed by atoms with Gasteiger partial charge in [0.15, 0.2) is 0 Å². The van der Waals surface area contributed by atoms with E-state index in [4.69, 9.17) is 0 Å². The van der Waals surface area contributed by atoms with Crippen LogP contribution in [0, 0.1) is 0 Å². The lowest BCUT2D eigenvalue weighted by Gasteiger charge is -2.16. The molecule has 2 aromatic rings. The van der Waals surface area contributed by atoms with E-state index in [0.717, 1.165) is 23.2 Å². The number of rotatable bonds is 7. The van der Waals surface area contributed by atoms with Crippen molar-refractivity contribution < 1.29 is 19.1 Å². The van der Waals surface area contributed by atoms with Gasteiger partial charge in [-0.2, -0.15) is 0 Å². The second-order valence-electron chi connectivity index (χ2n) is 6.20. The molecule has 2 amide bonds. The van der Waals surface area contributed by atoms with Gasteiger partial charge in [-0.1, -0.05) is 37.3 Å². The van der Waals surface area contributed by atoms with E-state index in [0.29, 0.717) is 5.56 Å². The number of para-hydroxylation sites is 1. The van der Waals surface area contributed by atoms with Crippen LogP contribution in [0.4, 0.5) is 5.69 Å². The highest BCUT2D eigenvalue weighted by molar-refractivity contribution is 5.98. The largest absolute Gasteiger partial charge is 0.465 e. The number of methoxy groups -OCH3 is 1. The van der Waals surface area contributed by atoms with Gasteiger partial charge in [0.25, 0.3) is 0 Å². The number of nitrogens with zero attached hydrogens (tertiary/aromatic N) is 1. The zero-order valence-electron chi connectivity index (χ0n) is 16.3. The molecule has 0 heterocycles. The van der Waals surface area contributed by atoms with Crippen molar-refractivity contribution in [1.82, 2.24) is 4.90 Å². The molecule has 1 N–H and O–H groups in total. The van der Waals surface area contributed by atoms with E-state index in [1.54, 1.807) is 37.4 Å². The number of amides is 2. The van der Waals surface area contributed by atoms with Crippen LogP contribution in [-0.4, -0.2) is 43.4 Å². The lowest BCUT2D eigenvalue weighted by atomic mass is 10.1. The van der Waals surface area contributed by atoms with E-state index < -0.39 is 5.97 Å². The quantitative estimate of drug-likeness (QED) is 0.591. The maximum atomic E-state index is 12.2. The van der Waals surface area contributed by atoms with Crippen LogP contribution in [0.1, 0.15) is 28.4 Å². The van der Waals surface area contributed by atoms with Crippen molar-refractivity contribution in [3.8, 4) is 0 Å². The summed E-state index contributed by atoms with van der Waals surface area (Å²) in [6, 6.07) is 14.3. The van der Waals surface area contributed by atoms with Gasteiger partial charge >= 0.3 is 5.97 Å². The highest BCUT2D eigenvalue weighted by Gasteiger charge is 2.12. The molecule has 2 rings (SSSR count). The van der Waals surface area contributed by atoms with Gasteiger partial charge in [-0.25, -0.2) is 4.79 Å². The number of hydrogen-bond donors (Lipinski definition) is 1. The fraction of sp³-hybridized carbons (Fsp3) is 0.227. The van der Waals surface area contributed by atoms with Crippen LogP contribution in [-0.2, 0) is 20.7 Å². The van der Waals surface area contributed by atoms with Crippen LogP contribution in [0.5, 0.6) is 0 Å². The predicted molar refractivity (Wildman–Crippen MR) is 109 cm³/mol. The van der Waals surface area contributed by atoms with Gasteiger partial charge in [-0.3, -0.25) is 9.59 Å². The Balaban J connectivity index is 1.92. The summed E-state index contributed by atoms with van der Waals surface area (Å²) in [5, 5.41) is 2.84. The minimum Gasteiger partial charge on any atom is -0.465 e. The normalized spacial score (nSPS) is 10.5. The average molecular weight is 380 g/mol. The number of hydrogen-bond acceptors (Lipinski definition) is 4. The van der Waals surface area contributed by atoms with Crippen LogP contribution in [0.25, 0.3) is 6.08 Å². The molecule has 0 spiro atoms. The smallest absolute Gasteiger partial charge is 0.337 e. The summed E-state index contributed by atoms with van der Waals surface area (Å²) in [6.45, 7) is 1.96. The molecule has 0 saturated heterocycles. The van der Waals surface area contributed by atoms with Gasteiger partial charge in [-0.15, -0.1) is 0 Å². The Bertz CT molecular complexity index is 872. The van der Waals surface area contributed by atoms with Crippen LogP contribution in [0.15, 0.2) is 54.6 Å². The Kier molecular flexibility index (Phi) is 7.51. The number of ether oxygens (including phenoxy) is 1. The summed E-state index contributed by atoms with van der Waals surface area (Å²) in [6.07, 6.45) is 3.83. The number of aryl methyl sites for hydroxylation is 1. The number of benzene rings is 2. The fourth-order valence-electron chi connectivity index (χ4n) is 2.58. The zero-order valence-corrected chi connectivity index (χ0v) is 16.3. The fourth-order valence-corrected chi connectivity index (χ4v) is 2.58. The number of anilines is 1. The number of esters is 1. The van der Waals surface area contributed by atoms with Crippen molar-refractivity contribution >= 4 is 29.5 Å². The van der Waals surface area contributed by atoms with Crippen molar-refractivity contribution in [3.63, 3.8) is 0 Å². The minimum absolute atomic E-state index is 0.0531. The van der Waals surface area contributed by atoms with Crippen LogP contribution < -0.4 is 5.32 Å². The second kappa shape index (κ2) is 10.1. The highest BCUT2D eigenvalue weighted by atomic mass is 16.5. The molecule has 0 bridgehead atoms. The average Bonchev–Trinajstić information content (AvgIpc) is 2.72. The highest BCUT2D eigenvalue weighted by Crippen LogP contribution is 2.15. The van der Waals surface area contributed by atoms with Gasteiger partial charge < -0.3 is 15.0 Å². The van der Waals surface area contributed by atoms with E-state index in [2.05, 4.69) is 10.1 Å². The van der Waals surface area contributed by atoms with Gasteiger partial charge in [-0.05, 0) is 41.8 Å². The first-order chi connectivity index (χ1) is 13.4. The molecule has 0 aliphatic rings. The van der Waals surface area contributed by atoms with Crippen molar-refractivity contribution in [2.45, 2.75) is 13.3 Å². The lowest BCUT2D eigenvalue weighted by Crippen LogP contribution is -2.34. The molecular weight excluding hydrogens is 356 g/mol. The van der Waals surface area contributed by atoms with Gasteiger partial charge in [0, 0.05) is 18.8 Å². The monoisotopic (exact) mass is 380 g/mol. The molecule has 6 nitrogen and oxygen atoms in total. The first-order valence-corrected chi connectivity index (χ1v) is 8.94. The van der Waals surface area contributed by atoms with E-state index in [9.17, 15) is 14.4 Å². The second-order valence-corrected chi connectivity index (χ2v) is 6.20. The third kappa shape index (κ3) is 5.81. The molecule has 0 aromatic heterocycles. The molecular formula is C22H24N2O4. The van der Waals surface area contributed by atoms with E-state index in [1.807, 2.05) is 31.2 Å². The molecule has 0 fully saturated rings. The molecule has 0 radical (unpaired) electrons. The Labute approximate surface area is 164 Å². The standard InChI is InChI=1S/C22H24N2O4/c1-4-17-7-5-6-8-19(17)23-20(25)15-24(2)21(26)14-11-16-9-12-18(13-10-16)22(27)28-3/h5-14H,4,15H2,1-3H3,(H,23,25)/b14-11+. The van der Waals surface area contributed by atoms with Crippen LogP contribution in [0.3, 0.4) is 0 Å². The van der Waals surface area contributed by atoms with Crippen molar-refractivity contribution in [3.05, 3.63) is 71.3 Å². The Morgan fingerprint density at radius 3 is 2.39 bits per heavy atom. The summed E-state index contributed by atoms with van der Waals surface area (Å²) in [7, 11) is 2.89. The summed E-state index contributed by atoms with van der Waals surface area (Å²) in [4.78, 5) is 37.2. The first kappa shape index (κ1) is 20.9. The lowest BCUT2D eigenvalue weighted by molar-refractivity contribution is -0.129. The number of likely N-dealkylation sites (N-methyl/N-ethyl adjacent to an activating group) is 1. The number of carbonyl (C=O) groups is 3. The molecule has 0 saturated carbocycles. The van der Waals surface area contributed by atoms with Crippen molar-refractivity contribution in [2.24, 2.45) is 0 Å². The van der Waals surface area contributed by atoms with Gasteiger partial charge in [0.2, 0.25) is 11.8 Å². The predicted octanol–water partition coefficient (Wildman–Crippen LogP) is 3.15. The zero-order chi connectivity index (χ0) is 20.5. The summed E-state index contributed by atoms with van der Waals surface area (Å²) < 4.78 is 4.64. The number of carbonyl (C=O) groups excluding carboxylic acids is 3. The summed E-state index contributed by atoms with van der Waals surface area (Å²) >= 11 is 0. The summed E-state index contributed by atoms with van der Waals surface area (Å²) in [5.41, 5.74) is 3.00. The van der Waals surface area contributed by atoms with Crippen LogP contribution in [0.2, 0.25) is 0 Å². The van der Waals surface area contributed by atoms with Gasteiger partial charge in [0.1, 0.15) is 0 Å². The van der Waals surface area contributed by atoms with E-state index in [-0.39, 0.29) is 18.4 Å². The van der Waals surface area contributed by atoms with Crippen molar-refractivity contribution in [1.29, 1.82) is 0 Å². The third-order valence-corrected chi connectivity index (χ3v) is 4.18. The number of nitrogens with one attached hydrogen (secondary N) is 1. The van der Waals surface area contributed by atoms with E-state index >= 15 is 0 Å². The van der Waals surface area contributed by atoms with Crippen molar-refractivity contribution in [2.75, 3.05) is 26.0 Å². The summed E-state index contributed by atoms with van der Waals surface area (Å²) in [5.74, 6) is -0.967. The van der Waals surface area contributed by atoms with E-state index in [1.165, 1.54) is 18.1 Å². The van der Waals surface area contributed by atoms with Crippen LogP contribution >= 0.6 is 0 Å².